The van der Waals surface area contributed by atoms with Crippen LogP contribution in [0.1, 0.15) is 56.9 Å². The van der Waals surface area contributed by atoms with E-state index in [1.54, 1.807) is 0 Å². The molecule has 1 aromatic rings. The van der Waals surface area contributed by atoms with Gasteiger partial charge in [-0.1, -0.05) is 31.5 Å². The first-order valence-electron chi connectivity index (χ1n) is 9.00. The molecule has 0 saturated heterocycles. The standard InChI is InChI=1S/C19H29BN2/c20-17-7-5-16(6-8-17)15-3-1-13(2-4-15)9-14-10-18(21)12-19(22)11-14/h10-13,15-17H,1-9,21-22H2. The maximum absolute atomic E-state index is 6.04. The topological polar surface area (TPSA) is 52.0 Å². The molecule has 0 bridgehead atoms. The van der Waals surface area contributed by atoms with Gasteiger partial charge in [0.25, 0.3) is 0 Å². The number of rotatable bonds is 3. The van der Waals surface area contributed by atoms with Crippen molar-refractivity contribution in [3.63, 3.8) is 0 Å². The Morgan fingerprint density at radius 3 is 1.82 bits per heavy atom. The lowest BCUT2D eigenvalue weighted by Crippen LogP contribution is -2.25. The highest BCUT2D eigenvalue weighted by atomic mass is 14.6. The molecule has 2 aliphatic carbocycles. The normalized spacial score (nSPS) is 32.7. The van der Waals surface area contributed by atoms with Gasteiger partial charge in [-0.3, -0.25) is 0 Å². The fourth-order valence-corrected chi connectivity index (χ4v) is 4.68. The zero-order valence-electron chi connectivity index (χ0n) is 13.6. The number of nitrogens with two attached hydrogens (primary N) is 2. The van der Waals surface area contributed by atoms with Crippen LogP contribution in [0.5, 0.6) is 0 Å². The third-order valence-corrected chi connectivity index (χ3v) is 5.94. The molecule has 0 spiro atoms. The van der Waals surface area contributed by atoms with E-state index in [2.05, 4.69) is 12.1 Å². The van der Waals surface area contributed by atoms with Crippen molar-refractivity contribution in [2.75, 3.05) is 11.5 Å². The second-order valence-electron chi connectivity index (χ2n) is 7.67. The van der Waals surface area contributed by atoms with E-state index in [0.29, 0.717) is 5.82 Å². The van der Waals surface area contributed by atoms with Gasteiger partial charge < -0.3 is 11.5 Å². The maximum atomic E-state index is 6.04. The first-order chi connectivity index (χ1) is 10.6. The fraction of sp³-hybridized carbons (Fsp3) is 0.684. The summed E-state index contributed by atoms with van der Waals surface area (Å²) in [6, 6.07) is 6.02. The molecular weight excluding hydrogens is 267 g/mol. The van der Waals surface area contributed by atoms with E-state index in [9.17, 15) is 0 Å². The summed E-state index contributed by atoms with van der Waals surface area (Å²) in [7, 11) is 6.04. The van der Waals surface area contributed by atoms with Gasteiger partial charge in [0, 0.05) is 11.4 Å². The highest BCUT2D eigenvalue weighted by molar-refractivity contribution is 6.11. The van der Waals surface area contributed by atoms with Crippen molar-refractivity contribution >= 4 is 19.2 Å². The van der Waals surface area contributed by atoms with E-state index in [1.165, 1.54) is 56.9 Å². The summed E-state index contributed by atoms with van der Waals surface area (Å²) in [5.41, 5.74) is 14.7. The highest BCUT2D eigenvalue weighted by Gasteiger charge is 2.29. The molecule has 2 fully saturated rings. The number of hydrogen-bond donors (Lipinski definition) is 2. The van der Waals surface area contributed by atoms with Gasteiger partial charge in [0.1, 0.15) is 0 Å². The molecule has 0 amide bonds. The Kier molecular flexibility index (Phi) is 5.00. The molecule has 2 nitrogen and oxygen atoms in total. The Morgan fingerprint density at radius 2 is 1.27 bits per heavy atom. The lowest BCUT2D eigenvalue weighted by atomic mass is 9.65. The molecule has 118 valence electrons. The van der Waals surface area contributed by atoms with Crippen molar-refractivity contribution in [3.05, 3.63) is 23.8 Å². The molecule has 2 radical (unpaired) electrons. The van der Waals surface area contributed by atoms with Crippen LogP contribution in [0.15, 0.2) is 18.2 Å². The minimum atomic E-state index is 0.474. The summed E-state index contributed by atoms with van der Waals surface area (Å²) in [6.07, 6.45) is 11.9. The lowest BCUT2D eigenvalue weighted by molar-refractivity contribution is 0.167. The molecule has 0 aromatic heterocycles. The van der Waals surface area contributed by atoms with Gasteiger partial charge in [-0.05, 0) is 73.6 Å². The quantitative estimate of drug-likeness (QED) is 0.643. The molecule has 0 aliphatic heterocycles. The summed E-state index contributed by atoms with van der Waals surface area (Å²) < 4.78 is 0. The smallest absolute Gasteiger partial charge is 0.0699 e. The monoisotopic (exact) mass is 296 g/mol. The van der Waals surface area contributed by atoms with Gasteiger partial charge in [-0.15, -0.1) is 0 Å². The van der Waals surface area contributed by atoms with Crippen LogP contribution in [0.2, 0.25) is 5.82 Å². The third kappa shape index (κ3) is 4.00. The first-order valence-corrected chi connectivity index (χ1v) is 9.00. The minimum Gasteiger partial charge on any atom is -0.399 e. The summed E-state index contributed by atoms with van der Waals surface area (Å²) in [4.78, 5) is 0. The van der Waals surface area contributed by atoms with Crippen molar-refractivity contribution < 1.29 is 0 Å². The van der Waals surface area contributed by atoms with Gasteiger partial charge in [-0.25, -0.2) is 0 Å². The predicted molar refractivity (Wildman–Crippen MR) is 95.9 cm³/mol. The molecule has 3 rings (SSSR count). The zero-order valence-corrected chi connectivity index (χ0v) is 13.6. The second-order valence-corrected chi connectivity index (χ2v) is 7.67. The van der Waals surface area contributed by atoms with Crippen LogP contribution in [0.4, 0.5) is 11.4 Å². The molecule has 1 aromatic carbocycles. The van der Waals surface area contributed by atoms with Crippen molar-refractivity contribution in [2.24, 2.45) is 17.8 Å². The molecular formula is C19H29BN2. The predicted octanol–water partition coefficient (Wildman–Crippen LogP) is 4.35. The lowest BCUT2D eigenvalue weighted by Gasteiger charge is -2.37. The van der Waals surface area contributed by atoms with Crippen LogP contribution < -0.4 is 11.5 Å². The van der Waals surface area contributed by atoms with Gasteiger partial charge in [0.05, 0.1) is 7.85 Å². The summed E-state index contributed by atoms with van der Waals surface area (Å²) in [6.45, 7) is 0. The minimum absolute atomic E-state index is 0.474. The Labute approximate surface area is 136 Å². The summed E-state index contributed by atoms with van der Waals surface area (Å²) >= 11 is 0. The molecule has 2 saturated carbocycles. The van der Waals surface area contributed by atoms with Crippen molar-refractivity contribution in [1.82, 2.24) is 0 Å². The molecule has 22 heavy (non-hydrogen) atoms. The summed E-state index contributed by atoms with van der Waals surface area (Å²) in [5, 5.41) is 0. The Balaban J connectivity index is 1.49. The Hall–Kier alpha value is -1.12. The molecule has 2 aliphatic rings. The first kappa shape index (κ1) is 15.8. The highest BCUT2D eigenvalue weighted by Crippen LogP contribution is 2.42. The number of hydrogen-bond acceptors (Lipinski definition) is 2. The van der Waals surface area contributed by atoms with E-state index in [-0.39, 0.29) is 0 Å². The SMILES string of the molecule is [B]C1CCC(C2CCC(Cc3cc(N)cc(N)c3)CC2)CC1. The number of benzene rings is 1. The van der Waals surface area contributed by atoms with E-state index in [1.807, 2.05) is 6.07 Å². The molecule has 0 atom stereocenters. The molecule has 0 heterocycles. The third-order valence-electron chi connectivity index (χ3n) is 5.94. The van der Waals surface area contributed by atoms with Crippen molar-refractivity contribution in [3.8, 4) is 0 Å². The van der Waals surface area contributed by atoms with Gasteiger partial charge in [0.15, 0.2) is 0 Å². The van der Waals surface area contributed by atoms with Gasteiger partial charge >= 0.3 is 0 Å². The van der Waals surface area contributed by atoms with Crippen LogP contribution in [0.25, 0.3) is 0 Å². The van der Waals surface area contributed by atoms with Gasteiger partial charge in [0.2, 0.25) is 0 Å². The van der Waals surface area contributed by atoms with E-state index >= 15 is 0 Å². The average Bonchev–Trinajstić information content (AvgIpc) is 2.48. The Morgan fingerprint density at radius 1 is 0.773 bits per heavy atom. The second kappa shape index (κ2) is 6.98. The van der Waals surface area contributed by atoms with Crippen LogP contribution in [-0.2, 0) is 6.42 Å². The van der Waals surface area contributed by atoms with Gasteiger partial charge in [-0.2, -0.15) is 0 Å². The fourth-order valence-electron chi connectivity index (χ4n) is 4.68. The number of nitrogen functional groups attached to an aromatic ring is 2. The number of anilines is 2. The van der Waals surface area contributed by atoms with Crippen LogP contribution >= 0.6 is 0 Å². The summed E-state index contributed by atoms with van der Waals surface area (Å²) in [5.74, 6) is 3.18. The van der Waals surface area contributed by atoms with E-state index < -0.39 is 0 Å². The van der Waals surface area contributed by atoms with Crippen LogP contribution in [0.3, 0.4) is 0 Å². The molecule has 0 unspecified atom stereocenters. The van der Waals surface area contributed by atoms with E-state index in [4.69, 9.17) is 19.3 Å². The molecule has 3 heteroatoms. The Bertz CT molecular complexity index is 466. The zero-order chi connectivity index (χ0) is 15.5. The van der Waals surface area contributed by atoms with E-state index in [0.717, 1.165) is 35.5 Å². The average molecular weight is 296 g/mol. The largest absolute Gasteiger partial charge is 0.399 e. The maximum Gasteiger partial charge on any atom is 0.0699 e. The van der Waals surface area contributed by atoms with Crippen LogP contribution in [-0.4, -0.2) is 7.85 Å². The molecule has 4 N–H and O–H groups in total. The van der Waals surface area contributed by atoms with Crippen LogP contribution in [0, 0.1) is 17.8 Å². The van der Waals surface area contributed by atoms with Crippen molar-refractivity contribution in [1.29, 1.82) is 0 Å². The van der Waals surface area contributed by atoms with Crippen molar-refractivity contribution in [2.45, 2.75) is 63.6 Å².